The highest BCUT2D eigenvalue weighted by molar-refractivity contribution is 5.82. The topological polar surface area (TPSA) is 48.5 Å². The molecular formula is C14H22N4O. The molecule has 5 heteroatoms. The Balaban J connectivity index is 1.96. The van der Waals surface area contributed by atoms with Gasteiger partial charge in [-0.05, 0) is 11.6 Å². The van der Waals surface area contributed by atoms with Crippen LogP contribution in [0.3, 0.4) is 0 Å². The minimum absolute atomic E-state index is 0.151. The number of piperazine rings is 1. The third-order valence-corrected chi connectivity index (χ3v) is 3.30. The molecule has 1 amide bonds. The zero-order valence-electron chi connectivity index (χ0n) is 11.9. The highest BCUT2D eigenvalue weighted by atomic mass is 16.2. The molecule has 1 saturated heterocycles. The third kappa shape index (κ3) is 3.67. The number of carbonyl (C=O) groups excluding carboxylic acids is 1. The molecule has 0 aromatic carbocycles. The molecule has 1 aromatic heterocycles. The number of nitrogens with zero attached hydrogens (tertiary/aromatic N) is 3. The van der Waals surface area contributed by atoms with Crippen molar-refractivity contribution in [1.82, 2.24) is 15.2 Å². The van der Waals surface area contributed by atoms with Gasteiger partial charge in [-0.25, -0.2) is 4.98 Å². The summed E-state index contributed by atoms with van der Waals surface area (Å²) in [7, 11) is 1.84. The number of hydrogen-bond donors (Lipinski definition) is 1. The molecule has 0 saturated carbocycles. The van der Waals surface area contributed by atoms with Crippen LogP contribution >= 0.6 is 0 Å². The Labute approximate surface area is 114 Å². The zero-order valence-corrected chi connectivity index (χ0v) is 11.9. The van der Waals surface area contributed by atoms with Crippen molar-refractivity contribution < 1.29 is 4.79 Å². The molecule has 1 aromatic rings. The number of pyridine rings is 1. The summed E-state index contributed by atoms with van der Waals surface area (Å²) in [5, 5.41) is 3.36. The first-order chi connectivity index (χ1) is 9.06. The van der Waals surface area contributed by atoms with Crippen LogP contribution in [0, 0.1) is 0 Å². The average molecular weight is 262 g/mol. The van der Waals surface area contributed by atoms with Crippen molar-refractivity contribution in [3.05, 3.63) is 23.9 Å². The van der Waals surface area contributed by atoms with E-state index >= 15 is 0 Å². The molecule has 104 valence electrons. The Morgan fingerprint density at radius 1 is 1.37 bits per heavy atom. The van der Waals surface area contributed by atoms with Crippen molar-refractivity contribution in [1.29, 1.82) is 0 Å². The normalized spacial score (nSPS) is 16.3. The van der Waals surface area contributed by atoms with Crippen molar-refractivity contribution >= 4 is 11.7 Å². The van der Waals surface area contributed by atoms with Crippen LogP contribution in [-0.2, 0) is 11.3 Å². The number of amides is 1. The number of nitrogens with one attached hydrogen (secondary N) is 1. The average Bonchev–Trinajstić information content (AvgIpc) is 2.40. The first kappa shape index (κ1) is 13.8. The van der Waals surface area contributed by atoms with Crippen LogP contribution in [0.5, 0.6) is 0 Å². The van der Waals surface area contributed by atoms with Gasteiger partial charge in [-0.2, -0.15) is 0 Å². The number of carbonyl (C=O) groups is 1. The number of hydrogen-bond acceptors (Lipinski definition) is 4. The number of anilines is 1. The second-order valence-corrected chi connectivity index (χ2v) is 5.30. The minimum Gasteiger partial charge on any atom is -0.346 e. The van der Waals surface area contributed by atoms with Crippen LogP contribution < -0.4 is 10.2 Å². The molecule has 1 aliphatic heterocycles. The molecule has 2 rings (SSSR count). The fraction of sp³-hybridized carbons (Fsp3) is 0.571. The van der Waals surface area contributed by atoms with Crippen molar-refractivity contribution in [2.45, 2.75) is 26.4 Å². The molecule has 0 spiro atoms. The Morgan fingerprint density at radius 2 is 2.16 bits per heavy atom. The molecule has 0 atom stereocenters. The molecule has 0 radical (unpaired) electrons. The number of likely N-dealkylation sites (N-methyl/N-ethyl adjacent to an activating group) is 1. The van der Waals surface area contributed by atoms with E-state index in [1.165, 1.54) is 0 Å². The Kier molecular flexibility index (Phi) is 4.37. The van der Waals surface area contributed by atoms with Crippen LogP contribution in [-0.4, -0.2) is 48.5 Å². The van der Waals surface area contributed by atoms with Crippen LogP contribution in [0.25, 0.3) is 0 Å². The van der Waals surface area contributed by atoms with E-state index in [0.717, 1.165) is 31.0 Å². The Hall–Kier alpha value is -1.62. The fourth-order valence-electron chi connectivity index (χ4n) is 1.98. The van der Waals surface area contributed by atoms with Crippen LogP contribution in [0.2, 0.25) is 0 Å². The second-order valence-electron chi connectivity index (χ2n) is 5.30. The maximum atomic E-state index is 11.7. The van der Waals surface area contributed by atoms with E-state index in [4.69, 9.17) is 0 Å². The van der Waals surface area contributed by atoms with E-state index in [0.29, 0.717) is 12.6 Å². The van der Waals surface area contributed by atoms with Gasteiger partial charge in [0.15, 0.2) is 0 Å². The van der Waals surface area contributed by atoms with Gasteiger partial charge in [-0.15, -0.1) is 0 Å². The maximum Gasteiger partial charge on any atom is 0.241 e. The Bertz CT molecular complexity index is 430. The van der Waals surface area contributed by atoms with Crippen molar-refractivity contribution in [3.63, 3.8) is 0 Å². The summed E-state index contributed by atoms with van der Waals surface area (Å²) >= 11 is 0. The molecule has 1 aliphatic rings. The van der Waals surface area contributed by atoms with E-state index in [9.17, 15) is 4.79 Å². The van der Waals surface area contributed by atoms with Crippen LogP contribution in [0.4, 0.5) is 5.82 Å². The lowest BCUT2D eigenvalue weighted by Crippen LogP contribution is -2.48. The quantitative estimate of drug-likeness (QED) is 0.874. The number of rotatable bonds is 4. The molecular weight excluding hydrogens is 240 g/mol. The second kappa shape index (κ2) is 6.02. The summed E-state index contributed by atoms with van der Waals surface area (Å²) in [6.45, 7) is 7.10. The summed E-state index contributed by atoms with van der Waals surface area (Å²) in [6.07, 6.45) is 1.88. The highest BCUT2D eigenvalue weighted by Gasteiger charge is 2.21. The maximum absolute atomic E-state index is 11.7. The SMILES string of the molecule is CC(C)NCc1ccc(N2CCN(C)C(=O)C2)nc1. The van der Waals surface area contributed by atoms with Gasteiger partial charge < -0.3 is 15.1 Å². The van der Waals surface area contributed by atoms with E-state index in [2.05, 4.69) is 30.2 Å². The molecule has 19 heavy (non-hydrogen) atoms. The molecule has 0 bridgehead atoms. The van der Waals surface area contributed by atoms with Crippen LogP contribution in [0.1, 0.15) is 19.4 Å². The molecule has 1 fully saturated rings. The molecule has 1 N–H and O–H groups in total. The third-order valence-electron chi connectivity index (χ3n) is 3.30. The van der Waals surface area contributed by atoms with Gasteiger partial charge >= 0.3 is 0 Å². The van der Waals surface area contributed by atoms with E-state index in [1.807, 2.05) is 24.2 Å². The summed E-state index contributed by atoms with van der Waals surface area (Å²) in [6, 6.07) is 4.53. The fourth-order valence-corrected chi connectivity index (χ4v) is 1.98. The van der Waals surface area contributed by atoms with Gasteiger partial charge in [0, 0.05) is 38.9 Å². The van der Waals surface area contributed by atoms with Crippen molar-refractivity contribution in [2.75, 3.05) is 31.6 Å². The van der Waals surface area contributed by atoms with E-state index in [1.54, 1.807) is 4.90 Å². The highest BCUT2D eigenvalue weighted by Crippen LogP contribution is 2.14. The summed E-state index contributed by atoms with van der Waals surface area (Å²) in [5.74, 6) is 1.04. The van der Waals surface area contributed by atoms with Crippen molar-refractivity contribution in [2.24, 2.45) is 0 Å². The lowest BCUT2D eigenvalue weighted by Gasteiger charge is -2.32. The predicted molar refractivity (Wildman–Crippen MR) is 76.1 cm³/mol. The summed E-state index contributed by atoms with van der Waals surface area (Å²) in [5.41, 5.74) is 1.16. The summed E-state index contributed by atoms with van der Waals surface area (Å²) in [4.78, 5) is 19.9. The van der Waals surface area contributed by atoms with Gasteiger partial charge in [0.25, 0.3) is 0 Å². The Morgan fingerprint density at radius 3 is 2.74 bits per heavy atom. The lowest BCUT2D eigenvalue weighted by molar-refractivity contribution is -0.129. The predicted octanol–water partition coefficient (Wildman–Crippen LogP) is 0.858. The first-order valence-electron chi connectivity index (χ1n) is 6.73. The number of aromatic nitrogens is 1. The zero-order chi connectivity index (χ0) is 13.8. The van der Waals surface area contributed by atoms with Crippen LogP contribution in [0.15, 0.2) is 18.3 Å². The van der Waals surface area contributed by atoms with Gasteiger partial charge in [-0.1, -0.05) is 19.9 Å². The smallest absolute Gasteiger partial charge is 0.241 e. The first-order valence-corrected chi connectivity index (χ1v) is 6.73. The monoisotopic (exact) mass is 262 g/mol. The standard InChI is InChI=1S/C14H22N4O/c1-11(2)15-8-12-4-5-13(16-9-12)18-7-6-17(3)14(19)10-18/h4-5,9,11,15H,6-8,10H2,1-3H3. The van der Waals surface area contributed by atoms with E-state index < -0.39 is 0 Å². The van der Waals surface area contributed by atoms with Crippen molar-refractivity contribution in [3.8, 4) is 0 Å². The molecule has 5 nitrogen and oxygen atoms in total. The van der Waals surface area contributed by atoms with Gasteiger partial charge in [0.05, 0.1) is 6.54 Å². The van der Waals surface area contributed by atoms with Gasteiger partial charge in [-0.3, -0.25) is 4.79 Å². The molecule has 0 aliphatic carbocycles. The lowest BCUT2D eigenvalue weighted by atomic mass is 10.2. The largest absolute Gasteiger partial charge is 0.346 e. The minimum atomic E-state index is 0.151. The summed E-state index contributed by atoms with van der Waals surface area (Å²) < 4.78 is 0. The molecule has 2 heterocycles. The van der Waals surface area contributed by atoms with Gasteiger partial charge in [0.1, 0.15) is 5.82 Å². The molecule has 0 unspecified atom stereocenters. The van der Waals surface area contributed by atoms with E-state index in [-0.39, 0.29) is 5.91 Å². The van der Waals surface area contributed by atoms with Gasteiger partial charge in [0.2, 0.25) is 5.91 Å².